The van der Waals surface area contributed by atoms with Crippen LogP contribution in [-0.4, -0.2) is 44.4 Å². The number of carbonyl (C=O) groups excluding carboxylic acids is 1. The van der Waals surface area contributed by atoms with E-state index >= 15 is 0 Å². The molecule has 2 fully saturated rings. The van der Waals surface area contributed by atoms with Crippen LogP contribution in [0, 0.1) is 11.8 Å². The third-order valence-corrected chi connectivity index (χ3v) is 9.66. The Labute approximate surface area is 120 Å². The first kappa shape index (κ1) is 15.9. The van der Waals surface area contributed by atoms with Gasteiger partial charge in [-0.1, -0.05) is 20.8 Å². The van der Waals surface area contributed by atoms with E-state index in [-0.39, 0.29) is 29.3 Å². The van der Waals surface area contributed by atoms with Crippen LogP contribution in [0.5, 0.6) is 0 Å². The van der Waals surface area contributed by atoms with Crippen LogP contribution in [-0.2, 0) is 14.0 Å². The molecule has 0 aromatic heterocycles. The van der Waals surface area contributed by atoms with Gasteiger partial charge in [-0.3, -0.25) is 4.79 Å². The maximum Gasteiger partial charge on any atom is 0.306 e. The Morgan fingerprint density at radius 3 is 2.60 bits per heavy atom. The minimum Gasteiger partial charge on any atom is -0.459 e. The monoisotopic (exact) mass is 304 g/mol. The van der Waals surface area contributed by atoms with Gasteiger partial charge in [0.15, 0.2) is 14.5 Å². The highest BCUT2D eigenvalue weighted by Gasteiger charge is 2.57. The number of fused-ring (bicyclic) bond motifs is 1. The summed E-state index contributed by atoms with van der Waals surface area (Å²) in [5.41, 5.74) is 0. The summed E-state index contributed by atoms with van der Waals surface area (Å²) in [5, 5.41) is 10.1. The number of rotatable bonds is 3. The van der Waals surface area contributed by atoms with Gasteiger partial charge in [-0.15, -0.1) is 0 Å². The van der Waals surface area contributed by atoms with Gasteiger partial charge in [-0.25, -0.2) is 4.39 Å². The van der Waals surface area contributed by atoms with Gasteiger partial charge in [-0.2, -0.15) is 0 Å². The molecule has 1 aliphatic heterocycles. The normalized spacial score (nSPS) is 38.0. The van der Waals surface area contributed by atoms with Gasteiger partial charge in [0, 0.05) is 18.4 Å². The molecule has 0 amide bonds. The number of aliphatic hydroxyl groups excluding tert-OH is 1. The van der Waals surface area contributed by atoms with Crippen molar-refractivity contribution in [3.63, 3.8) is 0 Å². The van der Waals surface area contributed by atoms with E-state index in [1.165, 1.54) is 0 Å². The molecule has 116 valence electrons. The molecule has 1 unspecified atom stereocenters. The summed E-state index contributed by atoms with van der Waals surface area (Å²) in [7, 11) is -1.94. The van der Waals surface area contributed by atoms with Crippen molar-refractivity contribution in [1.82, 2.24) is 0 Å². The number of hydrogen-bond donors (Lipinski definition) is 1. The second-order valence-electron chi connectivity index (χ2n) is 7.49. The number of ether oxygens (including phenoxy) is 1. The molecule has 6 heteroatoms. The van der Waals surface area contributed by atoms with Gasteiger partial charge in [-0.05, 0) is 18.1 Å². The molecule has 5 atom stereocenters. The van der Waals surface area contributed by atoms with Crippen LogP contribution < -0.4 is 0 Å². The highest BCUT2D eigenvalue weighted by molar-refractivity contribution is 6.74. The van der Waals surface area contributed by atoms with Crippen LogP contribution in [0.1, 0.15) is 27.2 Å². The van der Waals surface area contributed by atoms with E-state index in [1.807, 2.05) is 0 Å². The van der Waals surface area contributed by atoms with Gasteiger partial charge in [0.2, 0.25) is 0 Å². The van der Waals surface area contributed by atoms with Crippen molar-refractivity contribution in [2.24, 2.45) is 11.8 Å². The second kappa shape index (κ2) is 5.07. The fourth-order valence-corrected chi connectivity index (χ4v) is 3.76. The van der Waals surface area contributed by atoms with Crippen molar-refractivity contribution in [1.29, 1.82) is 0 Å². The summed E-state index contributed by atoms with van der Waals surface area (Å²) < 4.78 is 25.0. The van der Waals surface area contributed by atoms with Crippen LogP contribution >= 0.6 is 0 Å². The zero-order valence-corrected chi connectivity index (χ0v) is 13.9. The molecule has 20 heavy (non-hydrogen) atoms. The van der Waals surface area contributed by atoms with E-state index in [4.69, 9.17) is 9.16 Å². The highest BCUT2D eigenvalue weighted by atomic mass is 28.4. The van der Waals surface area contributed by atoms with Crippen molar-refractivity contribution >= 4 is 14.3 Å². The number of halogens is 1. The standard InChI is InChI=1S/C14H25FO4Si/c1-14(2,3)20(4,5)18-7-9-8-6-10(16)19-13(8)11(15)12(9)17/h8-9,11-13,17H,6-7H2,1-5H3/t8-,9?,11+,12+,13-/m1/s1. The number of esters is 1. The molecule has 0 bridgehead atoms. The van der Waals surface area contributed by atoms with Gasteiger partial charge < -0.3 is 14.3 Å². The lowest BCUT2D eigenvalue weighted by Gasteiger charge is -2.37. The molecule has 2 rings (SSSR count). The maximum absolute atomic E-state index is 14.0. The molecule has 1 N–H and O–H groups in total. The lowest BCUT2D eigenvalue weighted by molar-refractivity contribution is -0.144. The maximum atomic E-state index is 14.0. The van der Waals surface area contributed by atoms with Crippen molar-refractivity contribution in [2.75, 3.05) is 6.61 Å². The van der Waals surface area contributed by atoms with Crippen LogP contribution in [0.15, 0.2) is 0 Å². The Morgan fingerprint density at radius 1 is 1.45 bits per heavy atom. The first-order valence-electron chi connectivity index (χ1n) is 7.20. The molecule has 0 aromatic rings. The topological polar surface area (TPSA) is 55.8 Å². The minimum absolute atomic E-state index is 0.0626. The van der Waals surface area contributed by atoms with E-state index in [2.05, 4.69) is 33.9 Å². The largest absolute Gasteiger partial charge is 0.459 e. The van der Waals surface area contributed by atoms with Crippen molar-refractivity contribution in [3.05, 3.63) is 0 Å². The van der Waals surface area contributed by atoms with Crippen LogP contribution in [0.3, 0.4) is 0 Å². The van der Waals surface area contributed by atoms with E-state index in [1.54, 1.807) is 0 Å². The molecule has 0 aromatic carbocycles. The van der Waals surface area contributed by atoms with Crippen LogP contribution in [0.2, 0.25) is 18.1 Å². The van der Waals surface area contributed by atoms with E-state index in [0.29, 0.717) is 6.61 Å². The lowest BCUT2D eigenvalue weighted by Crippen LogP contribution is -2.43. The van der Waals surface area contributed by atoms with Gasteiger partial charge in [0.1, 0.15) is 6.10 Å². The Balaban J connectivity index is 2.04. The summed E-state index contributed by atoms with van der Waals surface area (Å²) in [6.45, 7) is 10.9. The Bertz CT molecular complexity index is 393. The van der Waals surface area contributed by atoms with E-state index in [9.17, 15) is 14.3 Å². The molecule has 0 radical (unpaired) electrons. The van der Waals surface area contributed by atoms with Crippen LogP contribution in [0.25, 0.3) is 0 Å². The van der Waals surface area contributed by atoms with Crippen molar-refractivity contribution in [3.8, 4) is 0 Å². The molecular formula is C14H25FO4Si. The number of carbonyl (C=O) groups is 1. The predicted octanol–water partition coefficient (Wildman–Crippen LogP) is 2.27. The SMILES string of the molecule is CC(C)(C)[Si](C)(C)OCC1[C@H]2CC(=O)O[C@H]2[C@@H](F)[C@H]1O. The number of aliphatic hydroxyl groups is 1. The quantitative estimate of drug-likeness (QED) is 0.642. The third kappa shape index (κ3) is 2.65. The summed E-state index contributed by atoms with van der Waals surface area (Å²) in [5.74, 6) is -0.972. The second-order valence-corrected chi connectivity index (χ2v) is 12.3. The molecule has 2 aliphatic rings. The summed E-state index contributed by atoms with van der Waals surface area (Å²) in [6.07, 6.45) is -3.18. The van der Waals surface area contributed by atoms with Gasteiger partial charge in [0.05, 0.1) is 12.5 Å². The molecule has 4 nitrogen and oxygen atoms in total. The predicted molar refractivity (Wildman–Crippen MR) is 75.5 cm³/mol. The highest BCUT2D eigenvalue weighted by Crippen LogP contribution is 2.44. The minimum atomic E-state index is -1.94. The average molecular weight is 304 g/mol. The first-order valence-corrected chi connectivity index (χ1v) is 10.1. The van der Waals surface area contributed by atoms with Gasteiger partial charge >= 0.3 is 5.97 Å². The molecule has 1 aliphatic carbocycles. The first-order chi connectivity index (χ1) is 9.04. The Hall–Kier alpha value is -0.463. The van der Waals surface area contributed by atoms with E-state index < -0.39 is 26.7 Å². The molecule has 1 saturated heterocycles. The third-order valence-electron chi connectivity index (χ3n) is 5.16. The summed E-state index contributed by atoms with van der Waals surface area (Å²) >= 11 is 0. The number of alkyl halides is 1. The fraction of sp³-hybridized carbons (Fsp3) is 0.929. The fourth-order valence-electron chi connectivity index (χ4n) is 2.72. The van der Waals surface area contributed by atoms with Gasteiger partial charge in [0.25, 0.3) is 0 Å². The summed E-state index contributed by atoms with van der Waals surface area (Å²) in [4.78, 5) is 11.3. The number of hydrogen-bond acceptors (Lipinski definition) is 4. The zero-order chi connectivity index (χ0) is 15.3. The summed E-state index contributed by atoms with van der Waals surface area (Å²) in [6, 6.07) is 0. The van der Waals surface area contributed by atoms with Crippen LogP contribution in [0.4, 0.5) is 4.39 Å². The lowest BCUT2D eigenvalue weighted by atomic mass is 9.93. The zero-order valence-electron chi connectivity index (χ0n) is 12.9. The molecular weight excluding hydrogens is 279 g/mol. The Morgan fingerprint density at radius 2 is 2.05 bits per heavy atom. The van der Waals surface area contributed by atoms with Crippen molar-refractivity contribution < 1.29 is 23.5 Å². The molecule has 0 spiro atoms. The average Bonchev–Trinajstić information content (AvgIpc) is 2.76. The van der Waals surface area contributed by atoms with E-state index in [0.717, 1.165) is 0 Å². The smallest absolute Gasteiger partial charge is 0.306 e. The molecule has 1 saturated carbocycles. The van der Waals surface area contributed by atoms with Crippen molar-refractivity contribution in [2.45, 2.75) is 63.7 Å². The molecule has 1 heterocycles. The Kier molecular flexibility index (Phi) is 4.03.